The number of hydroxylamine groups is 1. The molecular weight excluding hydrogens is 158 g/mol. The maximum absolute atomic E-state index is 7.11. The Kier molecular flexibility index (Phi) is 6.41. The summed E-state index contributed by atoms with van der Waals surface area (Å²) in [5.74, 6) is 0. The van der Waals surface area contributed by atoms with Crippen LogP contribution in [0.3, 0.4) is 0 Å². The summed E-state index contributed by atoms with van der Waals surface area (Å²) in [5, 5.41) is 7.11. The van der Waals surface area contributed by atoms with Crippen LogP contribution < -0.4 is 5.48 Å². The number of nitrogens with one attached hydrogen (secondary N) is 2. The molecule has 0 aliphatic carbocycles. The quantitative estimate of drug-likeness (QED) is 0.352. The van der Waals surface area contributed by atoms with Gasteiger partial charge in [-0.3, -0.25) is 0 Å². The van der Waals surface area contributed by atoms with E-state index in [0.29, 0.717) is 13.2 Å². The van der Waals surface area contributed by atoms with Crippen LogP contribution in [-0.4, -0.2) is 44.8 Å². The standard InChI is InChI=1S/C7H17N3O2/c1-4-9-12-7(8)11-6-5-10(2)3/h8-9H,4-6H2,1-3H3. The summed E-state index contributed by atoms with van der Waals surface area (Å²) in [7, 11) is 3.89. The summed E-state index contributed by atoms with van der Waals surface area (Å²) < 4.78 is 4.91. The second-order valence-electron chi connectivity index (χ2n) is 2.54. The van der Waals surface area contributed by atoms with Crippen molar-refractivity contribution in [3.05, 3.63) is 0 Å². The second kappa shape index (κ2) is 6.87. The van der Waals surface area contributed by atoms with Crippen LogP contribution in [0.1, 0.15) is 6.92 Å². The van der Waals surface area contributed by atoms with Gasteiger partial charge in [0.15, 0.2) is 0 Å². The van der Waals surface area contributed by atoms with E-state index < -0.39 is 0 Å². The lowest BCUT2D eigenvalue weighted by Crippen LogP contribution is -2.24. The van der Waals surface area contributed by atoms with Crippen LogP contribution in [0.15, 0.2) is 0 Å². The van der Waals surface area contributed by atoms with E-state index in [4.69, 9.17) is 10.1 Å². The van der Waals surface area contributed by atoms with Gasteiger partial charge in [-0.15, -0.1) is 0 Å². The Morgan fingerprint density at radius 2 is 2.17 bits per heavy atom. The van der Waals surface area contributed by atoms with Gasteiger partial charge in [0.2, 0.25) is 0 Å². The smallest absolute Gasteiger partial charge is 0.400 e. The van der Waals surface area contributed by atoms with Crippen molar-refractivity contribution >= 4 is 6.08 Å². The molecule has 2 N–H and O–H groups in total. The minimum atomic E-state index is -0.182. The Hall–Kier alpha value is -0.810. The van der Waals surface area contributed by atoms with Crippen molar-refractivity contribution in [1.29, 1.82) is 5.41 Å². The summed E-state index contributed by atoms with van der Waals surface area (Å²) in [5.41, 5.74) is 2.52. The third kappa shape index (κ3) is 7.30. The van der Waals surface area contributed by atoms with Gasteiger partial charge in [0, 0.05) is 13.1 Å². The molecule has 0 amide bonds. The normalized spacial score (nSPS) is 10.0. The predicted molar refractivity (Wildman–Crippen MR) is 47.0 cm³/mol. The minimum absolute atomic E-state index is 0.182. The van der Waals surface area contributed by atoms with E-state index in [1.165, 1.54) is 0 Å². The molecule has 0 aliphatic heterocycles. The topological polar surface area (TPSA) is 57.6 Å². The molecule has 0 rings (SSSR count). The number of rotatable bonds is 5. The molecule has 0 radical (unpaired) electrons. The van der Waals surface area contributed by atoms with Crippen LogP contribution in [0.4, 0.5) is 0 Å². The molecule has 72 valence electrons. The van der Waals surface area contributed by atoms with Gasteiger partial charge in [0.05, 0.1) is 0 Å². The van der Waals surface area contributed by atoms with Crippen molar-refractivity contribution in [1.82, 2.24) is 10.4 Å². The molecule has 0 atom stereocenters. The average molecular weight is 175 g/mol. The van der Waals surface area contributed by atoms with Gasteiger partial charge >= 0.3 is 6.08 Å². The summed E-state index contributed by atoms with van der Waals surface area (Å²) >= 11 is 0. The molecule has 0 aromatic heterocycles. The van der Waals surface area contributed by atoms with Gasteiger partial charge in [-0.2, -0.15) is 5.48 Å². The molecule has 0 bridgehead atoms. The summed E-state index contributed by atoms with van der Waals surface area (Å²) in [6.07, 6.45) is -0.182. The summed E-state index contributed by atoms with van der Waals surface area (Å²) in [6, 6.07) is 0. The molecule has 0 heterocycles. The van der Waals surface area contributed by atoms with Crippen LogP contribution in [0, 0.1) is 5.41 Å². The third-order valence-corrected chi connectivity index (χ3v) is 1.08. The third-order valence-electron chi connectivity index (χ3n) is 1.08. The SMILES string of the molecule is CCNOC(=N)OCCN(C)C. The van der Waals surface area contributed by atoms with E-state index in [0.717, 1.165) is 6.54 Å². The van der Waals surface area contributed by atoms with Crippen molar-refractivity contribution in [2.75, 3.05) is 33.8 Å². The zero-order chi connectivity index (χ0) is 9.40. The first-order valence-corrected chi connectivity index (χ1v) is 3.92. The van der Waals surface area contributed by atoms with Crippen molar-refractivity contribution in [3.8, 4) is 0 Å². The highest BCUT2D eigenvalue weighted by molar-refractivity contribution is 5.62. The van der Waals surface area contributed by atoms with Gasteiger partial charge in [0.25, 0.3) is 0 Å². The lowest BCUT2D eigenvalue weighted by atomic mass is 10.6. The van der Waals surface area contributed by atoms with Crippen molar-refractivity contribution in [2.24, 2.45) is 0 Å². The van der Waals surface area contributed by atoms with Crippen molar-refractivity contribution in [2.45, 2.75) is 6.92 Å². The van der Waals surface area contributed by atoms with Crippen LogP contribution in [0.2, 0.25) is 0 Å². The second-order valence-corrected chi connectivity index (χ2v) is 2.54. The van der Waals surface area contributed by atoms with Crippen LogP contribution >= 0.6 is 0 Å². The molecule has 5 heteroatoms. The fourth-order valence-corrected chi connectivity index (χ4v) is 0.488. The molecule has 0 aromatic rings. The highest BCUT2D eigenvalue weighted by atomic mass is 16.8. The van der Waals surface area contributed by atoms with Gasteiger partial charge in [-0.05, 0) is 21.0 Å². The van der Waals surface area contributed by atoms with Crippen LogP contribution in [-0.2, 0) is 9.57 Å². The maximum Gasteiger partial charge on any atom is 0.400 e. The van der Waals surface area contributed by atoms with E-state index >= 15 is 0 Å². The monoisotopic (exact) mass is 175 g/mol. The van der Waals surface area contributed by atoms with E-state index in [1.807, 2.05) is 25.9 Å². The molecular formula is C7H17N3O2. The Labute approximate surface area is 73.1 Å². The largest absolute Gasteiger partial charge is 0.448 e. The fourth-order valence-electron chi connectivity index (χ4n) is 0.488. The summed E-state index contributed by atoms with van der Waals surface area (Å²) in [6.45, 7) is 3.78. The number of hydrogen-bond donors (Lipinski definition) is 2. The number of likely N-dealkylation sites (N-methyl/N-ethyl adjacent to an activating group) is 1. The molecule has 0 saturated heterocycles. The van der Waals surface area contributed by atoms with E-state index in [1.54, 1.807) is 0 Å². The zero-order valence-corrected chi connectivity index (χ0v) is 7.89. The lowest BCUT2D eigenvalue weighted by molar-refractivity contribution is 0.0942. The van der Waals surface area contributed by atoms with E-state index in [2.05, 4.69) is 10.3 Å². The highest BCUT2D eigenvalue weighted by Gasteiger charge is 1.97. The Morgan fingerprint density at radius 3 is 2.67 bits per heavy atom. The minimum Gasteiger partial charge on any atom is -0.448 e. The van der Waals surface area contributed by atoms with Gasteiger partial charge in [-0.25, -0.2) is 5.41 Å². The zero-order valence-electron chi connectivity index (χ0n) is 7.89. The molecule has 5 nitrogen and oxygen atoms in total. The first-order chi connectivity index (χ1) is 5.66. The van der Waals surface area contributed by atoms with Crippen LogP contribution in [0.25, 0.3) is 0 Å². The first kappa shape index (κ1) is 11.2. The Morgan fingerprint density at radius 1 is 1.50 bits per heavy atom. The van der Waals surface area contributed by atoms with Crippen molar-refractivity contribution in [3.63, 3.8) is 0 Å². The summed E-state index contributed by atoms with van der Waals surface area (Å²) in [4.78, 5) is 6.64. The molecule has 0 aliphatic rings. The Bertz CT molecular complexity index is 128. The molecule has 0 fully saturated rings. The number of hydrogen-bond acceptors (Lipinski definition) is 5. The molecule has 0 unspecified atom stereocenters. The predicted octanol–water partition coefficient (Wildman–Crippen LogP) is 0.0405. The van der Waals surface area contributed by atoms with Crippen molar-refractivity contribution < 1.29 is 9.57 Å². The average Bonchev–Trinajstić information content (AvgIpc) is 2.00. The molecule has 0 spiro atoms. The molecule has 0 saturated carbocycles. The number of nitrogens with zero attached hydrogens (tertiary/aromatic N) is 1. The Balaban J connectivity index is 3.20. The van der Waals surface area contributed by atoms with E-state index in [-0.39, 0.29) is 6.08 Å². The first-order valence-electron chi connectivity index (χ1n) is 3.92. The van der Waals surface area contributed by atoms with Gasteiger partial charge in [-0.1, -0.05) is 0 Å². The van der Waals surface area contributed by atoms with Gasteiger partial charge < -0.3 is 14.5 Å². The lowest BCUT2D eigenvalue weighted by Gasteiger charge is -2.11. The maximum atomic E-state index is 7.11. The highest BCUT2D eigenvalue weighted by Crippen LogP contribution is 1.81. The molecule has 12 heavy (non-hydrogen) atoms. The van der Waals surface area contributed by atoms with E-state index in [9.17, 15) is 0 Å². The molecule has 0 aromatic carbocycles. The number of ether oxygens (including phenoxy) is 1. The fraction of sp³-hybridized carbons (Fsp3) is 0.857. The van der Waals surface area contributed by atoms with Gasteiger partial charge in [0.1, 0.15) is 6.61 Å². The van der Waals surface area contributed by atoms with Crippen LogP contribution in [0.5, 0.6) is 0 Å².